The normalized spacial score (nSPS) is 10.1. The predicted octanol–water partition coefficient (Wildman–Crippen LogP) is 0.753. The van der Waals surface area contributed by atoms with Gasteiger partial charge in [-0.05, 0) is 18.5 Å². The van der Waals surface area contributed by atoms with Gasteiger partial charge in [0.05, 0.1) is 0 Å². The molecule has 0 aromatic heterocycles. The number of benzene rings is 1. The highest BCUT2D eigenvalue weighted by atomic mass is 16.2. The number of nitrogens with two attached hydrogens (primary N) is 1. The number of hydrogen-bond donors (Lipinski definition) is 2. The maximum absolute atomic E-state index is 11.4. The number of hydrogen-bond acceptors (Lipinski definition) is 3. The first-order valence-corrected chi connectivity index (χ1v) is 4.71. The first-order valence-electron chi connectivity index (χ1n) is 4.71. The molecular weight excluding hydrogens is 178 g/mol. The molecule has 3 nitrogen and oxygen atoms in total. The van der Waals surface area contributed by atoms with Crippen molar-refractivity contribution in [3.8, 4) is 0 Å². The Labute approximate surface area is 83.6 Å². The van der Waals surface area contributed by atoms with Crippen LogP contribution in [0.25, 0.3) is 0 Å². The molecule has 0 saturated heterocycles. The van der Waals surface area contributed by atoms with Gasteiger partial charge in [-0.25, -0.2) is 0 Å². The van der Waals surface area contributed by atoms with E-state index in [-0.39, 0.29) is 12.4 Å². The largest absolute Gasteiger partial charge is 0.396 e. The van der Waals surface area contributed by atoms with Crippen LogP contribution in [0, 0.1) is 0 Å². The van der Waals surface area contributed by atoms with Crippen molar-refractivity contribution in [2.45, 2.75) is 12.8 Å². The summed E-state index contributed by atoms with van der Waals surface area (Å²) in [6, 6.07) is 7.28. The number of carbonyl (C=O) groups is 1. The van der Waals surface area contributed by atoms with E-state index in [2.05, 4.69) is 0 Å². The van der Waals surface area contributed by atoms with Crippen molar-refractivity contribution in [2.75, 3.05) is 13.2 Å². The molecule has 0 spiro atoms. The third-order valence-corrected chi connectivity index (χ3v) is 2.05. The number of ketones is 1. The van der Waals surface area contributed by atoms with Crippen LogP contribution >= 0.6 is 0 Å². The maximum Gasteiger partial charge on any atom is 0.164 e. The zero-order chi connectivity index (χ0) is 10.4. The van der Waals surface area contributed by atoms with Crippen molar-refractivity contribution in [2.24, 2.45) is 5.73 Å². The second-order valence-corrected chi connectivity index (χ2v) is 3.13. The Morgan fingerprint density at radius 3 is 2.43 bits per heavy atom. The molecule has 3 heteroatoms. The van der Waals surface area contributed by atoms with Gasteiger partial charge in [0.2, 0.25) is 0 Å². The van der Waals surface area contributed by atoms with Crippen LogP contribution in [0.1, 0.15) is 22.3 Å². The van der Waals surface area contributed by atoms with Crippen LogP contribution in [-0.2, 0) is 6.42 Å². The third-order valence-electron chi connectivity index (χ3n) is 2.05. The summed E-state index contributed by atoms with van der Waals surface area (Å²) in [5, 5.41) is 8.70. The van der Waals surface area contributed by atoms with Gasteiger partial charge in [-0.1, -0.05) is 24.3 Å². The monoisotopic (exact) mass is 193 g/mol. The molecule has 0 heterocycles. The zero-order valence-electron chi connectivity index (χ0n) is 8.07. The second kappa shape index (κ2) is 5.52. The number of aliphatic hydroxyl groups excluding tert-OH is 1. The topological polar surface area (TPSA) is 63.3 Å². The first kappa shape index (κ1) is 10.9. The summed E-state index contributed by atoms with van der Waals surface area (Å²) >= 11 is 0. The SMILES string of the molecule is NCCC(=O)c1ccc(CCO)cc1. The van der Waals surface area contributed by atoms with Gasteiger partial charge in [-0.15, -0.1) is 0 Å². The molecular formula is C11H15NO2. The standard InChI is InChI=1S/C11H15NO2/c12-7-5-11(14)10-3-1-9(2-4-10)6-8-13/h1-4,13H,5-8,12H2. The summed E-state index contributed by atoms with van der Waals surface area (Å²) in [6.07, 6.45) is 1.02. The summed E-state index contributed by atoms with van der Waals surface area (Å²) in [5.74, 6) is 0.0723. The second-order valence-electron chi connectivity index (χ2n) is 3.13. The van der Waals surface area contributed by atoms with Crippen molar-refractivity contribution in [3.63, 3.8) is 0 Å². The Kier molecular flexibility index (Phi) is 4.29. The van der Waals surface area contributed by atoms with Gasteiger partial charge in [0.1, 0.15) is 0 Å². The summed E-state index contributed by atoms with van der Waals surface area (Å²) in [7, 11) is 0. The van der Waals surface area contributed by atoms with Crippen molar-refractivity contribution in [3.05, 3.63) is 35.4 Å². The fraction of sp³-hybridized carbons (Fsp3) is 0.364. The molecule has 76 valence electrons. The van der Waals surface area contributed by atoms with Gasteiger partial charge < -0.3 is 10.8 Å². The van der Waals surface area contributed by atoms with E-state index in [4.69, 9.17) is 10.8 Å². The smallest absolute Gasteiger partial charge is 0.164 e. The molecule has 0 amide bonds. The molecule has 0 saturated carbocycles. The highest BCUT2D eigenvalue weighted by molar-refractivity contribution is 5.96. The fourth-order valence-electron chi connectivity index (χ4n) is 1.26. The number of carbonyl (C=O) groups excluding carboxylic acids is 1. The van der Waals surface area contributed by atoms with Crippen LogP contribution in [0.5, 0.6) is 0 Å². The molecule has 0 fully saturated rings. The quantitative estimate of drug-likeness (QED) is 0.678. The van der Waals surface area contributed by atoms with Gasteiger partial charge in [-0.2, -0.15) is 0 Å². The Morgan fingerprint density at radius 1 is 1.29 bits per heavy atom. The first-order chi connectivity index (χ1) is 6.77. The third kappa shape index (κ3) is 2.94. The number of aliphatic hydroxyl groups is 1. The molecule has 0 aliphatic heterocycles. The molecule has 1 aromatic carbocycles. The van der Waals surface area contributed by atoms with E-state index in [0.717, 1.165) is 5.56 Å². The summed E-state index contributed by atoms with van der Waals surface area (Å²) < 4.78 is 0. The van der Waals surface area contributed by atoms with Gasteiger partial charge in [-0.3, -0.25) is 4.79 Å². The van der Waals surface area contributed by atoms with E-state index >= 15 is 0 Å². The van der Waals surface area contributed by atoms with E-state index in [1.165, 1.54) is 0 Å². The minimum atomic E-state index is 0.0723. The maximum atomic E-state index is 11.4. The van der Waals surface area contributed by atoms with Crippen molar-refractivity contribution >= 4 is 5.78 Å². The average molecular weight is 193 g/mol. The molecule has 3 N–H and O–H groups in total. The van der Waals surface area contributed by atoms with E-state index in [1.54, 1.807) is 12.1 Å². The highest BCUT2D eigenvalue weighted by Gasteiger charge is 2.03. The van der Waals surface area contributed by atoms with E-state index in [9.17, 15) is 4.79 Å². The van der Waals surface area contributed by atoms with Crippen molar-refractivity contribution < 1.29 is 9.90 Å². The van der Waals surface area contributed by atoms with Crippen LogP contribution in [0.15, 0.2) is 24.3 Å². The summed E-state index contributed by atoms with van der Waals surface area (Å²) in [6.45, 7) is 0.521. The van der Waals surface area contributed by atoms with E-state index in [0.29, 0.717) is 24.9 Å². The molecule has 0 radical (unpaired) electrons. The Hall–Kier alpha value is -1.19. The Bertz CT molecular complexity index is 293. The molecule has 0 atom stereocenters. The summed E-state index contributed by atoms with van der Waals surface area (Å²) in [4.78, 5) is 11.4. The van der Waals surface area contributed by atoms with Crippen LogP contribution in [0.3, 0.4) is 0 Å². The van der Waals surface area contributed by atoms with Gasteiger partial charge in [0.25, 0.3) is 0 Å². The Balaban J connectivity index is 2.67. The van der Waals surface area contributed by atoms with Gasteiger partial charge in [0, 0.05) is 18.6 Å². The van der Waals surface area contributed by atoms with Crippen molar-refractivity contribution in [1.82, 2.24) is 0 Å². The minimum Gasteiger partial charge on any atom is -0.396 e. The van der Waals surface area contributed by atoms with Gasteiger partial charge in [0.15, 0.2) is 5.78 Å². The highest BCUT2D eigenvalue weighted by Crippen LogP contribution is 2.07. The van der Waals surface area contributed by atoms with Crippen LogP contribution in [-0.4, -0.2) is 24.0 Å². The van der Waals surface area contributed by atoms with E-state index < -0.39 is 0 Å². The lowest BCUT2D eigenvalue weighted by Gasteiger charge is -2.01. The fourth-order valence-corrected chi connectivity index (χ4v) is 1.26. The van der Waals surface area contributed by atoms with Crippen LogP contribution in [0.2, 0.25) is 0 Å². The lowest BCUT2D eigenvalue weighted by atomic mass is 10.0. The number of Topliss-reactive ketones (excluding diaryl/α,β-unsaturated/α-hetero) is 1. The molecule has 1 aromatic rings. The molecule has 1 rings (SSSR count). The molecule has 0 unspecified atom stereocenters. The van der Waals surface area contributed by atoms with Crippen molar-refractivity contribution in [1.29, 1.82) is 0 Å². The zero-order valence-corrected chi connectivity index (χ0v) is 8.07. The van der Waals surface area contributed by atoms with E-state index in [1.807, 2.05) is 12.1 Å². The molecule has 0 aliphatic rings. The molecule has 0 bridgehead atoms. The lowest BCUT2D eigenvalue weighted by molar-refractivity contribution is 0.0985. The Morgan fingerprint density at radius 2 is 1.93 bits per heavy atom. The molecule has 0 aliphatic carbocycles. The van der Waals surface area contributed by atoms with Crippen LogP contribution in [0.4, 0.5) is 0 Å². The molecule has 14 heavy (non-hydrogen) atoms. The average Bonchev–Trinajstić information content (AvgIpc) is 2.20. The summed E-state index contributed by atoms with van der Waals surface area (Å²) in [5.41, 5.74) is 7.02. The van der Waals surface area contributed by atoms with Crippen LogP contribution < -0.4 is 5.73 Å². The lowest BCUT2D eigenvalue weighted by Crippen LogP contribution is -2.08. The minimum absolute atomic E-state index is 0.0723. The predicted molar refractivity (Wildman–Crippen MR) is 55.2 cm³/mol. The number of rotatable bonds is 5. The van der Waals surface area contributed by atoms with Gasteiger partial charge >= 0.3 is 0 Å².